The number of aromatic hydroxyl groups is 5. The van der Waals surface area contributed by atoms with Gasteiger partial charge in [0.2, 0.25) is 0 Å². The van der Waals surface area contributed by atoms with E-state index in [1.54, 1.807) is 0 Å². The second kappa shape index (κ2) is 10.7. The van der Waals surface area contributed by atoms with Crippen LogP contribution in [0.3, 0.4) is 0 Å². The number of aliphatic carboxylic acids is 2. The predicted octanol–water partition coefficient (Wildman–Crippen LogP) is 3.43. The zero-order valence-corrected chi connectivity index (χ0v) is 20.2. The van der Waals surface area contributed by atoms with Crippen LogP contribution in [-0.4, -0.2) is 53.5 Å². The summed E-state index contributed by atoms with van der Waals surface area (Å²) in [5, 5.41) is 68.5. The Bertz CT molecular complexity index is 1490. The maximum Gasteiger partial charge on any atom is 0.315 e. The predicted molar refractivity (Wildman–Crippen MR) is 135 cm³/mol. The van der Waals surface area contributed by atoms with Gasteiger partial charge in [0.1, 0.15) is 12.0 Å². The van der Waals surface area contributed by atoms with Crippen LogP contribution in [0.4, 0.5) is 0 Å². The molecule has 0 unspecified atom stereocenters. The summed E-state index contributed by atoms with van der Waals surface area (Å²) >= 11 is 0. The third-order valence-corrected chi connectivity index (χ3v) is 6.43. The zero-order chi connectivity index (χ0) is 28.4. The molecule has 1 aliphatic heterocycles. The molecule has 0 radical (unpaired) electrons. The first-order valence-corrected chi connectivity index (χ1v) is 11.7. The Morgan fingerprint density at radius 1 is 0.821 bits per heavy atom. The standard InChI is InChI=1S/C28H24O11/c29-17(11-16(27(35)36)9-13-1-6-18(30)21(33)10-13)5-2-14-3-8-20(32)26-23(14)24(28(37)38)25(39-26)15-4-7-19(31)22(34)12-15/h1-8,10,12,16,24-25,30-34H,9,11H2,(H,35,36)(H,37,38)/b5-2+/t16-,24-,25+/m0/s1. The van der Waals surface area contributed by atoms with E-state index in [-0.39, 0.29) is 40.4 Å². The summed E-state index contributed by atoms with van der Waals surface area (Å²) in [5.74, 6) is -7.74. The minimum Gasteiger partial charge on any atom is -0.504 e. The molecule has 7 N–H and O–H groups in total. The van der Waals surface area contributed by atoms with E-state index in [9.17, 15) is 50.1 Å². The molecule has 3 aromatic carbocycles. The molecule has 11 nitrogen and oxygen atoms in total. The Kier molecular flexibility index (Phi) is 7.34. The van der Waals surface area contributed by atoms with E-state index in [0.717, 1.165) is 12.1 Å². The second-order valence-electron chi connectivity index (χ2n) is 9.09. The first-order valence-electron chi connectivity index (χ1n) is 11.7. The Morgan fingerprint density at radius 3 is 2.08 bits per heavy atom. The molecule has 39 heavy (non-hydrogen) atoms. The van der Waals surface area contributed by atoms with Gasteiger partial charge in [-0.3, -0.25) is 14.4 Å². The molecule has 3 aromatic rings. The number of carbonyl (C=O) groups excluding carboxylic acids is 1. The largest absolute Gasteiger partial charge is 0.504 e. The van der Waals surface area contributed by atoms with Crippen molar-refractivity contribution in [3.05, 3.63) is 76.9 Å². The highest BCUT2D eigenvalue weighted by atomic mass is 16.5. The van der Waals surface area contributed by atoms with Gasteiger partial charge in [-0.15, -0.1) is 0 Å². The van der Waals surface area contributed by atoms with Gasteiger partial charge in [-0.2, -0.15) is 0 Å². The number of phenols is 5. The fourth-order valence-corrected chi connectivity index (χ4v) is 4.49. The van der Waals surface area contributed by atoms with Gasteiger partial charge in [0.25, 0.3) is 0 Å². The van der Waals surface area contributed by atoms with E-state index in [1.165, 1.54) is 48.5 Å². The number of hydrogen-bond donors (Lipinski definition) is 7. The number of carboxylic acid groups (broad SMARTS) is 2. The Hall–Kier alpha value is -5.19. The van der Waals surface area contributed by atoms with Crippen LogP contribution in [0.1, 0.15) is 40.7 Å². The van der Waals surface area contributed by atoms with Gasteiger partial charge in [-0.05, 0) is 59.5 Å². The van der Waals surface area contributed by atoms with Gasteiger partial charge in [0.15, 0.2) is 40.3 Å². The van der Waals surface area contributed by atoms with E-state index < -0.39 is 59.3 Å². The SMILES string of the molecule is O=C(/C=C/c1ccc(O)c2c1[C@H](C(=O)O)[C@@H](c1ccc(O)c(O)c1)O2)C[C@H](Cc1ccc(O)c(O)c1)C(=O)O. The summed E-state index contributed by atoms with van der Waals surface area (Å²) in [6.07, 6.45) is 0.755. The number of phenolic OH excluding ortho intramolecular Hbond substituents is 5. The highest BCUT2D eigenvalue weighted by Crippen LogP contribution is 2.52. The summed E-state index contributed by atoms with van der Waals surface area (Å²) in [6.45, 7) is 0. The van der Waals surface area contributed by atoms with E-state index in [0.29, 0.717) is 5.56 Å². The lowest BCUT2D eigenvalue weighted by molar-refractivity contribution is -0.143. The normalized spacial score (nSPS) is 16.9. The van der Waals surface area contributed by atoms with Crippen LogP contribution in [0.25, 0.3) is 6.08 Å². The van der Waals surface area contributed by atoms with Crippen molar-refractivity contribution in [2.75, 3.05) is 0 Å². The van der Waals surface area contributed by atoms with E-state index >= 15 is 0 Å². The first-order chi connectivity index (χ1) is 18.5. The van der Waals surface area contributed by atoms with E-state index in [2.05, 4.69) is 0 Å². The third-order valence-electron chi connectivity index (χ3n) is 6.43. The quantitative estimate of drug-likeness (QED) is 0.156. The van der Waals surface area contributed by atoms with Crippen LogP contribution >= 0.6 is 0 Å². The number of rotatable bonds is 9. The van der Waals surface area contributed by atoms with Crippen LogP contribution in [-0.2, 0) is 20.8 Å². The molecule has 0 bridgehead atoms. The molecule has 11 heteroatoms. The smallest absolute Gasteiger partial charge is 0.315 e. The molecule has 1 heterocycles. The number of carbonyl (C=O) groups is 3. The lowest BCUT2D eigenvalue weighted by Crippen LogP contribution is -2.19. The molecule has 0 amide bonds. The molecule has 0 aliphatic carbocycles. The van der Waals surface area contributed by atoms with Crippen molar-refractivity contribution >= 4 is 23.8 Å². The number of benzene rings is 3. The van der Waals surface area contributed by atoms with Gasteiger partial charge in [-0.25, -0.2) is 0 Å². The lowest BCUT2D eigenvalue weighted by Gasteiger charge is -2.17. The molecular formula is C28H24O11. The maximum absolute atomic E-state index is 12.7. The maximum atomic E-state index is 12.7. The van der Waals surface area contributed by atoms with Crippen molar-refractivity contribution in [1.29, 1.82) is 0 Å². The number of allylic oxidation sites excluding steroid dienone is 1. The van der Waals surface area contributed by atoms with Crippen LogP contribution in [0.5, 0.6) is 34.5 Å². The first kappa shape index (κ1) is 26.9. The van der Waals surface area contributed by atoms with Crippen molar-refractivity contribution in [2.45, 2.75) is 24.9 Å². The van der Waals surface area contributed by atoms with Crippen molar-refractivity contribution in [2.24, 2.45) is 5.92 Å². The topological polar surface area (TPSA) is 202 Å². The average molecular weight is 536 g/mol. The van der Waals surface area contributed by atoms with Gasteiger partial charge < -0.3 is 40.5 Å². The minimum atomic E-state index is -1.35. The van der Waals surface area contributed by atoms with Gasteiger partial charge in [0, 0.05) is 12.0 Å². The molecule has 1 aliphatic rings. The lowest BCUT2D eigenvalue weighted by atomic mass is 9.87. The summed E-state index contributed by atoms with van der Waals surface area (Å²) in [5.41, 5.74) is 0.949. The van der Waals surface area contributed by atoms with Gasteiger partial charge >= 0.3 is 11.9 Å². The number of ether oxygens (including phenoxy) is 1. The molecule has 202 valence electrons. The summed E-state index contributed by atoms with van der Waals surface area (Å²) in [4.78, 5) is 36.7. The molecule has 0 spiro atoms. The molecule has 0 aromatic heterocycles. The van der Waals surface area contributed by atoms with Crippen LogP contribution < -0.4 is 4.74 Å². The fourth-order valence-electron chi connectivity index (χ4n) is 4.49. The van der Waals surface area contributed by atoms with Crippen molar-refractivity contribution in [3.8, 4) is 34.5 Å². The minimum absolute atomic E-state index is 0.0819. The number of fused-ring (bicyclic) bond motifs is 1. The molecule has 0 fully saturated rings. The molecule has 0 saturated heterocycles. The number of ketones is 1. The molecular weight excluding hydrogens is 512 g/mol. The molecule has 3 atom stereocenters. The highest BCUT2D eigenvalue weighted by Gasteiger charge is 2.43. The van der Waals surface area contributed by atoms with Crippen molar-refractivity contribution < 1.29 is 54.9 Å². The van der Waals surface area contributed by atoms with Gasteiger partial charge in [-0.1, -0.05) is 24.3 Å². The monoisotopic (exact) mass is 536 g/mol. The van der Waals surface area contributed by atoms with Crippen LogP contribution in [0, 0.1) is 5.92 Å². The van der Waals surface area contributed by atoms with Gasteiger partial charge in [0.05, 0.1) is 5.92 Å². The van der Waals surface area contributed by atoms with Crippen molar-refractivity contribution in [3.63, 3.8) is 0 Å². The molecule has 0 saturated carbocycles. The third kappa shape index (κ3) is 5.57. The Labute approximate surface area is 221 Å². The van der Waals surface area contributed by atoms with Crippen LogP contribution in [0.2, 0.25) is 0 Å². The summed E-state index contributed by atoms with van der Waals surface area (Å²) in [6, 6.07) is 10.2. The zero-order valence-electron chi connectivity index (χ0n) is 20.2. The van der Waals surface area contributed by atoms with E-state index in [4.69, 9.17) is 4.74 Å². The van der Waals surface area contributed by atoms with E-state index in [1.807, 2.05) is 0 Å². The fraction of sp³-hybridized carbons (Fsp3) is 0.179. The second-order valence-corrected chi connectivity index (χ2v) is 9.09. The highest BCUT2D eigenvalue weighted by molar-refractivity contribution is 5.96. The average Bonchev–Trinajstić information content (AvgIpc) is 3.29. The number of carboxylic acids is 2. The summed E-state index contributed by atoms with van der Waals surface area (Å²) < 4.78 is 5.76. The number of hydrogen-bond acceptors (Lipinski definition) is 9. The molecule has 4 rings (SSSR count). The Morgan fingerprint density at radius 2 is 1.46 bits per heavy atom. The Balaban J connectivity index is 1.59. The van der Waals surface area contributed by atoms with Crippen LogP contribution in [0.15, 0.2) is 54.6 Å². The van der Waals surface area contributed by atoms with Crippen molar-refractivity contribution in [1.82, 2.24) is 0 Å². The summed E-state index contributed by atoms with van der Waals surface area (Å²) in [7, 11) is 0.